The van der Waals surface area contributed by atoms with Crippen LogP contribution in [0.2, 0.25) is 0 Å². The maximum absolute atomic E-state index is 12.6. The number of benzene rings is 1. The number of hydrogen-bond acceptors (Lipinski definition) is 4. The van der Waals surface area contributed by atoms with Gasteiger partial charge < -0.3 is 10.6 Å². The minimum atomic E-state index is -0.443. The molecule has 6 nitrogen and oxygen atoms in total. The van der Waals surface area contributed by atoms with Crippen molar-refractivity contribution < 1.29 is 9.59 Å². The van der Waals surface area contributed by atoms with Gasteiger partial charge in [-0.1, -0.05) is 25.1 Å². The third kappa shape index (κ3) is 3.95. The molecule has 0 aliphatic carbocycles. The van der Waals surface area contributed by atoms with Crippen molar-refractivity contribution in [2.45, 2.75) is 34.1 Å². The Morgan fingerprint density at radius 2 is 1.54 bits per heavy atom. The third-order valence-electron chi connectivity index (χ3n) is 3.67. The highest BCUT2D eigenvalue weighted by molar-refractivity contribution is 6.10. The second kappa shape index (κ2) is 7.68. The van der Waals surface area contributed by atoms with Crippen molar-refractivity contribution in [3.8, 4) is 0 Å². The fourth-order valence-electron chi connectivity index (χ4n) is 2.14. The Morgan fingerprint density at radius 1 is 0.958 bits per heavy atom. The monoisotopic (exact) mass is 326 g/mol. The molecule has 0 spiro atoms. The van der Waals surface area contributed by atoms with Crippen molar-refractivity contribution in [1.82, 2.24) is 15.3 Å². The molecule has 24 heavy (non-hydrogen) atoms. The van der Waals surface area contributed by atoms with Crippen molar-refractivity contribution in [1.29, 1.82) is 0 Å². The molecule has 0 unspecified atom stereocenters. The van der Waals surface area contributed by atoms with Gasteiger partial charge in [0.2, 0.25) is 0 Å². The summed E-state index contributed by atoms with van der Waals surface area (Å²) in [6, 6.07) is 7.43. The van der Waals surface area contributed by atoms with E-state index in [2.05, 4.69) is 20.6 Å². The van der Waals surface area contributed by atoms with E-state index in [0.717, 1.165) is 12.0 Å². The molecule has 1 heterocycles. The van der Waals surface area contributed by atoms with Crippen LogP contribution in [0.25, 0.3) is 0 Å². The van der Waals surface area contributed by atoms with Gasteiger partial charge in [-0.15, -0.1) is 0 Å². The number of rotatable bonds is 5. The molecular formula is C18H22N4O2. The molecule has 2 amide bonds. The molecule has 2 aromatic rings. The Bertz CT molecular complexity index is 772. The van der Waals surface area contributed by atoms with E-state index in [1.165, 1.54) is 0 Å². The highest BCUT2D eigenvalue weighted by atomic mass is 16.2. The molecule has 1 aromatic heterocycles. The predicted octanol–water partition coefficient (Wildman–Crippen LogP) is 2.79. The van der Waals surface area contributed by atoms with Gasteiger partial charge in [0, 0.05) is 12.2 Å². The number of para-hydroxylation sites is 1. The first-order valence-corrected chi connectivity index (χ1v) is 7.94. The van der Waals surface area contributed by atoms with Crippen LogP contribution < -0.4 is 10.6 Å². The van der Waals surface area contributed by atoms with Crippen LogP contribution in [0.15, 0.2) is 24.3 Å². The van der Waals surface area contributed by atoms with Crippen LogP contribution in [-0.4, -0.2) is 28.3 Å². The fraction of sp³-hybridized carbons (Fsp3) is 0.333. The lowest BCUT2D eigenvalue weighted by atomic mass is 10.2. The third-order valence-corrected chi connectivity index (χ3v) is 3.67. The van der Waals surface area contributed by atoms with Crippen molar-refractivity contribution >= 4 is 17.5 Å². The van der Waals surface area contributed by atoms with Gasteiger partial charge in [0.25, 0.3) is 11.8 Å². The van der Waals surface area contributed by atoms with Gasteiger partial charge in [-0.2, -0.15) is 0 Å². The van der Waals surface area contributed by atoms with Gasteiger partial charge in [-0.3, -0.25) is 9.59 Å². The Labute approximate surface area is 141 Å². The van der Waals surface area contributed by atoms with E-state index in [1.54, 1.807) is 19.9 Å². The Morgan fingerprint density at radius 3 is 2.12 bits per heavy atom. The molecule has 0 aliphatic heterocycles. The van der Waals surface area contributed by atoms with Gasteiger partial charge in [0.15, 0.2) is 11.4 Å². The maximum atomic E-state index is 12.6. The number of carbonyl (C=O) groups excluding carboxylic acids is 2. The van der Waals surface area contributed by atoms with Crippen LogP contribution in [0.5, 0.6) is 0 Å². The Hall–Kier alpha value is -2.76. The van der Waals surface area contributed by atoms with Crippen LogP contribution in [0.1, 0.15) is 51.3 Å². The second-order valence-electron chi connectivity index (χ2n) is 5.62. The average molecular weight is 326 g/mol. The number of nitrogens with zero attached hydrogens (tertiary/aromatic N) is 2. The number of anilines is 1. The highest BCUT2D eigenvalue weighted by Gasteiger charge is 2.22. The topological polar surface area (TPSA) is 84.0 Å². The van der Waals surface area contributed by atoms with Gasteiger partial charge in [-0.25, -0.2) is 9.97 Å². The summed E-state index contributed by atoms with van der Waals surface area (Å²) in [6.07, 6.45) is 0.800. The Balaban J connectivity index is 2.37. The molecule has 0 aliphatic rings. The molecule has 0 radical (unpaired) electrons. The first-order valence-electron chi connectivity index (χ1n) is 7.94. The van der Waals surface area contributed by atoms with Gasteiger partial charge in [0.1, 0.15) is 0 Å². The number of aryl methyl sites for hydroxylation is 3. The zero-order chi connectivity index (χ0) is 17.7. The van der Waals surface area contributed by atoms with Crippen LogP contribution >= 0.6 is 0 Å². The lowest BCUT2D eigenvalue weighted by Crippen LogP contribution is -2.30. The van der Waals surface area contributed by atoms with Gasteiger partial charge in [-0.05, 0) is 38.8 Å². The maximum Gasteiger partial charge on any atom is 0.276 e. The van der Waals surface area contributed by atoms with E-state index >= 15 is 0 Å². The molecule has 126 valence electrons. The normalized spacial score (nSPS) is 10.3. The highest BCUT2D eigenvalue weighted by Crippen LogP contribution is 2.16. The molecular weight excluding hydrogens is 304 g/mol. The quantitative estimate of drug-likeness (QED) is 0.885. The Kier molecular flexibility index (Phi) is 5.63. The standard InChI is InChI=1S/C18H22N4O2/c1-5-10-19-17(23)15-16(21-13(4)12(3)20-15)18(24)22-14-9-7-6-8-11(14)2/h6-9H,5,10H2,1-4H3,(H,19,23)(H,22,24). The average Bonchev–Trinajstić information content (AvgIpc) is 2.56. The predicted molar refractivity (Wildman–Crippen MR) is 93.3 cm³/mol. The summed E-state index contributed by atoms with van der Waals surface area (Å²) < 4.78 is 0. The summed E-state index contributed by atoms with van der Waals surface area (Å²) in [5.41, 5.74) is 2.95. The van der Waals surface area contributed by atoms with E-state index in [0.29, 0.717) is 23.6 Å². The van der Waals surface area contributed by atoms with Crippen molar-refractivity contribution in [3.63, 3.8) is 0 Å². The van der Waals surface area contributed by atoms with E-state index in [1.807, 2.05) is 32.0 Å². The lowest BCUT2D eigenvalue weighted by molar-refractivity contribution is 0.0933. The summed E-state index contributed by atoms with van der Waals surface area (Å²) in [7, 11) is 0. The van der Waals surface area contributed by atoms with Crippen molar-refractivity contribution in [2.75, 3.05) is 11.9 Å². The smallest absolute Gasteiger partial charge is 0.276 e. The minimum absolute atomic E-state index is 0.0370. The van der Waals surface area contributed by atoms with Crippen LogP contribution in [0.4, 0.5) is 5.69 Å². The van der Waals surface area contributed by atoms with E-state index < -0.39 is 5.91 Å². The van der Waals surface area contributed by atoms with E-state index in [-0.39, 0.29) is 17.3 Å². The van der Waals surface area contributed by atoms with Crippen LogP contribution in [0, 0.1) is 20.8 Å². The summed E-state index contributed by atoms with van der Waals surface area (Å²) in [5.74, 6) is -0.830. The molecule has 2 N–H and O–H groups in total. The van der Waals surface area contributed by atoms with Crippen molar-refractivity contribution in [2.24, 2.45) is 0 Å². The first-order chi connectivity index (χ1) is 11.4. The summed E-state index contributed by atoms with van der Waals surface area (Å²) >= 11 is 0. The second-order valence-corrected chi connectivity index (χ2v) is 5.62. The molecule has 0 atom stereocenters. The number of hydrogen-bond donors (Lipinski definition) is 2. The first kappa shape index (κ1) is 17.6. The number of aromatic nitrogens is 2. The zero-order valence-electron chi connectivity index (χ0n) is 14.4. The van der Waals surface area contributed by atoms with Crippen molar-refractivity contribution in [3.05, 3.63) is 52.6 Å². The fourth-order valence-corrected chi connectivity index (χ4v) is 2.14. The van der Waals surface area contributed by atoms with Gasteiger partial charge in [0.05, 0.1) is 11.4 Å². The van der Waals surface area contributed by atoms with Crippen LogP contribution in [0.3, 0.4) is 0 Å². The molecule has 6 heteroatoms. The zero-order valence-corrected chi connectivity index (χ0v) is 14.4. The lowest BCUT2D eigenvalue weighted by Gasteiger charge is -2.12. The molecule has 1 aromatic carbocycles. The summed E-state index contributed by atoms with van der Waals surface area (Å²) in [5, 5.41) is 5.55. The minimum Gasteiger partial charge on any atom is -0.351 e. The number of amides is 2. The molecule has 0 bridgehead atoms. The number of carbonyl (C=O) groups is 2. The molecule has 0 saturated carbocycles. The number of nitrogens with one attached hydrogen (secondary N) is 2. The summed E-state index contributed by atoms with van der Waals surface area (Å²) in [4.78, 5) is 33.5. The molecule has 0 fully saturated rings. The van der Waals surface area contributed by atoms with Gasteiger partial charge >= 0.3 is 0 Å². The van der Waals surface area contributed by atoms with Crippen LogP contribution in [-0.2, 0) is 0 Å². The van der Waals surface area contributed by atoms with E-state index in [9.17, 15) is 9.59 Å². The molecule has 0 saturated heterocycles. The summed E-state index contributed by atoms with van der Waals surface area (Å²) in [6.45, 7) is 7.91. The molecule has 2 rings (SSSR count). The SMILES string of the molecule is CCCNC(=O)c1nc(C)c(C)nc1C(=O)Nc1ccccc1C. The largest absolute Gasteiger partial charge is 0.351 e. The van der Waals surface area contributed by atoms with E-state index in [4.69, 9.17) is 0 Å².